The zero-order valence-electron chi connectivity index (χ0n) is 30.3. The fourth-order valence-electron chi connectivity index (χ4n) is 6.03. The van der Waals surface area contributed by atoms with Crippen molar-refractivity contribution in [3.8, 4) is 0 Å². The van der Waals surface area contributed by atoms with Gasteiger partial charge in [-0.3, -0.25) is 33.1 Å². The van der Waals surface area contributed by atoms with Gasteiger partial charge >= 0.3 is 0 Å². The number of anilines is 5. The number of hydrogen-bond acceptors (Lipinski definition) is 9. The predicted molar refractivity (Wildman–Crippen MR) is 207 cm³/mol. The van der Waals surface area contributed by atoms with Crippen LogP contribution in [0.3, 0.4) is 0 Å². The van der Waals surface area contributed by atoms with Crippen molar-refractivity contribution in [2.75, 3.05) is 26.6 Å². The number of aromatic nitrogens is 4. The van der Waals surface area contributed by atoms with Crippen molar-refractivity contribution >= 4 is 89.5 Å². The molecule has 296 valence electrons. The molecule has 0 aliphatic rings. The van der Waals surface area contributed by atoms with Gasteiger partial charge in [-0.05, 0) is 53.9 Å². The lowest BCUT2D eigenvalue weighted by atomic mass is 10.1. The van der Waals surface area contributed by atoms with E-state index in [9.17, 15) is 49.9 Å². The quantitative estimate of drug-likeness (QED) is 0.0695. The number of aryl methyl sites for hydroxylation is 4. The van der Waals surface area contributed by atoms with E-state index in [0.29, 0.717) is 23.9 Å². The SMILES string of the molecule is Cn1cc(NC=O)cc1C(=O)Nc1cc(C(=O)Nc2cc(C(=O)Nc3cc(C(=O)Nc4ccc5cc(S(=O)(=O)O)cc(S(=O)(=O)O)c5c4)n(C)c3)n(C)c2)n(C)c1. The number of amides is 5. The highest BCUT2D eigenvalue weighted by atomic mass is 32.2. The average Bonchev–Trinajstić information content (AvgIpc) is 3.88. The summed E-state index contributed by atoms with van der Waals surface area (Å²) in [7, 11) is -3.39. The molecular formula is C35H33N9O11S2. The Morgan fingerprint density at radius 3 is 1.30 bits per heavy atom. The van der Waals surface area contributed by atoms with Crippen LogP contribution in [0.4, 0.5) is 28.4 Å². The Morgan fingerprint density at radius 1 is 0.526 bits per heavy atom. The minimum atomic E-state index is -4.96. The van der Waals surface area contributed by atoms with Crippen molar-refractivity contribution in [3.05, 3.63) is 102 Å². The summed E-state index contributed by atoms with van der Waals surface area (Å²) in [6.07, 6.45) is 6.59. The van der Waals surface area contributed by atoms with Gasteiger partial charge in [-0.1, -0.05) is 6.07 Å². The highest BCUT2D eigenvalue weighted by molar-refractivity contribution is 7.86. The van der Waals surface area contributed by atoms with Crippen molar-refractivity contribution in [1.82, 2.24) is 18.3 Å². The van der Waals surface area contributed by atoms with Crippen LogP contribution in [0.1, 0.15) is 42.0 Å². The van der Waals surface area contributed by atoms with Crippen LogP contribution in [0.2, 0.25) is 0 Å². The molecule has 2 aromatic carbocycles. The van der Waals surface area contributed by atoms with Gasteiger partial charge in [0.05, 0.1) is 27.6 Å². The molecular weight excluding hydrogens is 787 g/mol. The minimum absolute atomic E-state index is 0.0346. The van der Waals surface area contributed by atoms with Gasteiger partial charge in [0, 0.05) is 64.1 Å². The fraction of sp³-hybridized carbons (Fsp3) is 0.114. The van der Waals surface area contributed by atoms with Crippen molar-refractivity contribution in [3.63, 3.8) is 0 Å². The van der Waals surface area contributed by atoms with Gasteiger partial charge < -0.3 is 44.9 Å². The molecule has 0 aliphatic carbocycles. The summed E-state index contributed by atoms with van der Waals surface area (Å²) in [4.78, 5) is 61.8. The number of hydrogen-bond donors (Lipinski definition) is 7. The van der Waals surface area contributed by atoms with Crippen LogP contribution in [-0.2, 0) is 53.2 Å². The molecule has 0 aliphatic heterocycles. The van der Waals surface area contributed by atoms with Crippen LogP contribution in [0.5, 0.6) is 0 Å². The number of rotatable bonds is 12. The first-order valence-corrected chi connectivity index (χ1v) is 19.2. The summed E-state index contributed by atoms with van der Waals surface area (Å²) in [6.45, 7) is 0. The summed E-state index contributed by atoms with van der Waals surface area (Å²) in [5.41, 5.74) is 2.04. The Hall–Kier alpha value is -7.01. The van der Waals surface area contributed by atoms with Gasteiger partial charge in [-0.2, -0.15) is 16.8 Å². The van der Waals surface area contributed by atoms with E-state index in [1.165, 1.54) is 73.1 Å². The van der Waals surface area contributed by atoms with E-state index in [1.807, 2.05) is 0 Å². The summed E-state index contributed by atoms with van der Waals surface area (Å²) >= 11 is 0. The van der Waals surface area contributed by atoms with Gasteiger partial charge in [-0.15, -0.1) is 0 Å². The molecule has 0 radical (unpaired) electrons. The number of carbonyl (C=O) groups is 5. The van der Waals surface area contributed by atoms with E-state index in [0.717, 1.165) is 6.07 Å². The van der Waals surface area contributed by atoms with E-state index in [2.05, 4.69) is 26.6 Å². The average molecular weight is 820 g/mol. The maximum Gasteiger partial charge on any atom is 0.295 e. The molecule has 4 aromatic heterocycles. The Balaban J connectivity index is 1.12. The predicted octanol–water partition coefficient (Wildman–Crippen LogP) is 3.26. The first-order chi connectivity index (χ1) is 26.7. The largest absolute Gasteiger partial charge is 0.344 e. The van der Waals surface area contributed by atoms with Crippen LogP contribution in [-0.4, -0.2) is 74.2 Å². The first kappa shape index (κ1) is 39.7. The molecule has 0 saturated carbocycles. The van der Waals surface area contributed by atoms with Gasteiger partial charge in [0.1, 0.15) is 27.7 Å². The molecule has 0 bridgehead atoms. The second-order valence-corrected chi connectivity index (χ2v) is 15.6. The van der Waals surface area contributed by atoms with Gasteiger partial charge in [-0.25, -0.2) is 0 Å². The smallest absolute Gasteiger partial charge is 0.295 e. The van der Waals surface area contributed by atoms with Crippen molar-refractivity contribution in [2.45, 2.75) is 9.79 Å². The zero-order chi connectivity index (χ0) is 41.6. The van der Waals surface area contributed by atoms with E-state index in [1.54, 1.807) is 40.6 Å². The van der Waals surface area contributed by atoms with E-state index < -0.39 is 53.7 Å². The summed E-state index contributed by atoms with van der Waals surface area (Å²) < 4.78 is 72.5. The Labute approximate surface area is 323 Å². The highest BCUT2D eigenvalue weighted by Crippen LogP contribution is 2.30. The Kier molecular flexibility index (Phi) is 10.4. The summed E-state index contributed by atoms with van der Waals surface area (Å²) in [6, 6.07) is 11.2. The standard InChI is InChI=1S/C35H33N9O11S2/c1-41-14-21(36-18-45)9-27(41)33(47)38-23-11-29(43(3)16-23)35(49)40-24-12-30(44(4)17-24)34(48)39-22-10-28(42(2)15-22)32(46)37-20-6-5-19-7-25(56(50,51)52)13-31(26(19)8-20)57(53,54)55/h5-18H,1-4H3,(H,36,45)(H,37,46)(H,38,47)(H,39,48)(H,40,49)(H,50,51,52)(H,53,54,55). The van der Waals surface area contributed by atoms with Gasteiger partial charge in [0.15, 0.2) is 0 Å². The van der Waals surface area contributed by atoms with Gasteiger partial charge in [0.2, 0.25) is 6.41 Å². The Bertz CT molecular complexity index is 2880. The molecule has 6 aromatic rings. The maximum absolute atomic E-state index is 13.3. The topological polar surface area (TPSA) is 274 Å². The number of carbonyl (C=O) groups excluding carboxylic acids is 5. The first-order valence-electron chi connectivity index (χ1n) is 16.4. The molecule has 0 spiro atoms. The lowest BCUT2D eigenvalue weighted by molar-refractivity contribution is -0.105. The summed E-state index contributed by atoms with van der Waals surface area (Å²) in [5.74, 6) is -2.26. The monoisotopic (exact) mass is 819 g/mol. The maximum atomic E-state index is 13.3. The van der Waals surface area contributed by atoms with E-state index in [4.69, 9.17) is 0 Å². The molecule has 0 atom stereocenters. The van der Waals surface area contributed by atoms with Crippen LogP contribution in [0.25, 0.3) is 10.8 Å². The van der Waals surface area contributed by atoms with E-state index >= 15 is 0 Å². The zero-order valence-corrected chi connectivity index (χ0v) is 31.9. The third-order valence-corrected chi connectivity index (χ3v) is 10.4. The third-order valence-electron chi connectivity index (χ3n) is 8.67. The lowest BCUT2D eigenvalue weighted by Crippen LogP contribution is -2.16. The molecule has 4 heterocycles. The van der Waals surface area contributed by atoms with Crippen LogP contribution >= 0.6 is 0 Å². The molecule has 5 amide bonds. The van der Waals surface area contributed by atoms with Crippen molar-refractivity contribution in [2.24, 2.45) is 28.2 Å². The number of benzene rings is 2. The molecule has 6 rings (SSSR count). The fourth-order valence-corrected chi connectivity index (χ4v) is 7.38. The lowest BCUT2D eigenvalue weighted by Gasteiger charge is -2.10. The van der Waals surface area contributed by atoms with E-state index in [-0.39, 0.29) is 50.6 Å². The molecule has 22 heteroatoms. The molecule has 0 unspecified atom stereocenters. The molecule has 7 N–H and O–H groups in total. The Morgan fingerprint density at radius 2 is 0.912 bits per heavy atom. The van der Waals surface area contributed by atoms with Crippen molar-refractivity contribution < 1.29 is 49.9 Å². The molecule has 0 fully saturated rings. The second kappa shape index (κ2) is 14.9. The van der Waals surface area contributed by atoms with Gasteiger partial charge in [0.25, 0.3) is 43.9 Å². The number of fused-ring (bicyclic) bond motifs is 1. The minimum Gasteiger partial charge on any atom is -0.344 e. The van der Waals surface area contributed by atoms with Crippen LogP contribution in [0, 0.1) is 0 Å². The highest BCUT2D eigenvalue weighted by Gasteiger charge is 2.23. The third kappa shape index (κ3) is 8.47. The second-order valence-electron chi connectivity index (χ2n) is 12.8. The number of nitrogens with zero attached hydrogens (tertiary/aromatic N) is 4. The molecule has 20 nitrogen and oxygen atoms in total. The molecule has 57 heavy (non-hydrogen) atoms. The summed E-state index contributed by atoms with van der Waals surface area (Å²) in [5, 5.41) is 13.1. The van der Waals surface area contributed by atoms with Crippen LogP contribution in [0.15, 0.2) is 89.2 Å². The van der Waals surface area contributed by atoms with Crippen LogP contribution < -0.4 is 26.6 Å². The normalized spacial score (nSPS) is 11.6. The number of nitrogens with one attached hydrogen (secondary N) is 5. The van der Waals surface area contributed by atoms with Crippen molar-refractivity contribution in [1.29, 1.82) is 0 Å². The molecule has 0 saturated heterocycles.